The van der Waals surface area contributed by atoms with Crippen molar-refractivity contribution in [2.24, 2.45) is 11.7 Å². The van der Waals surface area contributed by atoms with Crippen molar-refractivity contribution in [2.45, 2.75) is 38.3 Å². The Labute approximate surface area is 128 Å². The molecule has 1 saturated heterocycles. The summed E-state index contributed by atoms with van der Waals surface area (Å²) < 4.78 is 0. The smallest absolute Gasteiger partial charge is 0.0471 e. The Morgan fingerprint density at radius 3 is 2.38 bits per heavy atom. The van der Waals surface area contributed by atoms with Crippen LogP contribution < -0.4 is 16.0 Å². The number of anilines is 1. The van der Waals surface area contributed by atoms with E-state index in [9.17, 15) is 5.11 Å². The highest BCUT2D eigenvalue weighted by atomic mass is 16.3. The molecule has 1 aliphatic heterocycles. The van der Waals surface area contributed by atoms with Crippen LogP contribution in [0.2, 0.25) is 0 Å². The van der Waals surface area contributed by atoms with E-state index in [1.54, 1.807) is 0 Å². The van der Waals surface area contributed by atoms with Crippen molar-refractivity contribution in [1.82, 2.24) is 5.32 Å². The second kappa shape index (κ2) is 7.25. The van der Waals surface area contributed by atoms with Gasteiger partial charge in [0.05, 0.1) is 0 Å². The van der Waals surface area contributed by atoms with Gasteiger partial charge in [-0.15, -0.1) is 0 Å². The summed E-state index contributed by atoms with van der Waals surface area (Å²) in [6.07, 6.45) is 2.09. The average Bonchev–Trinajstić information content (AvgIpc) is 2.55. The van der Waals surface area contributed by atoms with Crippen molar-refractivity contribution < 1.29 is 5.11 Å². The second-order valence-corrected chi connectivity index (χ2v) is 6.40. The molecule has 0 amide bonds. The quantitative estimate of drug-likeness (QED) is 0.745. The lowest BCUT2D eigenvalue weighted by Crippen LogP contribution is -2.61. The number of para-hydroxylation sites is 1. The molecule has 4 nitrogen and oxygen atoms in total. The number of aliphatic hydroxyl groups is 1. The first-order valence-electron chi connectivity index (χ1n) is 7.99. The van der Waals surface area contributed by atoms with E-state index in [0.29, 0.717) is 6.54 Å². The molecule has 4 N–H and O–H groups in total. The first-order valence-corrected chi connectivity index (χ1v) is 7.99. The van der Waals surface area contributed by atoms with Crippen LogP contribution in [0, 0.1) is 5.92 Å². The van der Waals surface area contributed by atoms with E-state index >= 15 is 0 Å². The van der Waals surface area contributed by atoms with Crippen molar-refractivity contribution in [3.05, 3.63) is 30.3 Å². The largest absolute Gasteiger partial charge is 0.396 e. The van der Waals surface area contributed by atoms with Crippen LogP contribution in [0.15, 0.2) is 30.3 Å². The van der Waals surface area contributed by atoms with Gasteiger partial charge in [0.25, 0.3) is 0 Å². The molecule has 0 saturated carbocycles. The maximum Gasteiger partial charge on any atom is 0.0471 e. The van der Waals surface area contributed by atoms with E-state index in [4.69, 9.17) is 5.73 Å². The third-order valence-electron chi connectivity index (χ3n) is 4.91. The fourth-order valence-electron chi connectivity index (χ4n) is 3.02. The molecule has 1 heterocycles. The third kappa shape index (κ3) is 3.96. The van der Waals surface area contributed by atoms with E-state index < -0.39 is 0 Å². The summed E-state index contributed by atoms with van der Waals surface area (Å²) in [5.74, 6) is 0.251. The van der Waals surface area contributed by atoms with E-state index in [2.05, 4.69) is 54.4 Å². The number of piperidine rings is 1. The number of nitrogens with zero attached hydrogens (tertiary/aromatic N) is 1. The Balaban J connectivity index is 1.96. The van der Waals surface area contributed by atoms with Gasteiger partial charge in [-0.25, -0.2) is 0 Å². The van der Waals surface area contributed by atoms with Crippen molar-refractivity contribution >= 4 is 5.69 Å². The first kappa shape index (κ1) is 16.3. The predicted octanol–water partition coefficient (Wildman–Crippen LogP) is 1.59. The van der Waals surface area contributed by atoms with Crippen molar-refractivity contribution in [3.63, 3.8) is 0 Å². The minimum atomic E-state index is 0.00806. The van der Waals surface area contributed by atoms with E-state index in [-0.39, 0.29) is 24.1 Å². The second-order valence-electron chi connectivity index (χ2n) is 6.40. The molecule has 1 aromatic rings. The summed E-state index contributed by atoms with van der Waals surface area (Å²) in [6, 6.07) is 10.8. The first-order chi connectivity index (χ1) is 10.1. The van der Waals surface area contributed by atoms with Crippen LogP contribution in [0.5, 0.6) is 0 Å². The fourth-order valence-corrected chi connectivity index (χ4v) is 3.02. The number of hydrogen-bond donors (Lipinski definition) is 3. The Bertz CT molecular complexity index is 415. The fraction of sp³-hybridized carbons (Fsp3) is 0.647. The molecule has 0 bridgehead atoms. The number of aliphatic hydroxyl groups excluding tert-OH is 1. The molecular formula is C17H29N3O. The van der Waals surface area contributed by atoms with Gasteiger partial charge < -0.3 is 21.1 Å². The molecule has 0 aliphatic carbocycles. The SMILES string of the molecule is CC(CO)C(C)NC1(CN)CCN(c2ccccc2)CC1. The molecule has 118 valence electrons. The van der Waals surface area contributed by atoms with Crippen LogP contribution in [0.3, 0.4) is 0 Å². The van der Waals surface area contributed by atoms with Crippen LogP contribution in [0.1, 0.15) is 26.7 Å². The van der Waals surface area contributed by atoms with Crippen LogP contribution in [0.4, 0.5) is 5.69 Å². The van der Waals surface area contributed by atoms with Gasteiger partial charge >= 0.3 is 0 Å². The molecule has 0 aromatic heterocycles. The summed E-state index contributed by atoms with van der Waals surface area (Å²) in [4.78, 5) is 2.43. The number of hydrogen-bond acceptors (Lipinski definition) is 4. The van der Waals surface area contributed by atoms with E-state index in [1.165, 1.54) is 5.69 Å². The molecule has 1 aliphatic rings. The predicted molar refractivity (Wildman–Crippen MR) is 88.5 cm³/mol. The lowest BCUT2D eigenvalue weighted by molar-refractivity contribution is 0.166. The maximum atomic E-state index is 9.30. The Morgan fingerprint density at radius 1 is 1.24 bits per heavy atom. The molecule has 4 heteroatoms. The number of nitrogens with one attached hydrogen (secondary N) is 1. The molecule has 1 aromatic carbocycles. The summed E-state index contributed by atoms with van der Waals surface area (Å²) in [5, 5.41) is 13.0. The van der Waals surface area contributed by atoms with Gasteiger partial charge in [0, 0.05) is 43.5 Å². The molecule has 2 rings (SSSR count). The zero-order chi connectivity index (χ0) is 15.3. The van der Waals surface area contributed by atoms with Crippen molar-refractivity contribution in [3.8, 4) is 0 Å². The number of benzene rings is 1. The lowest BCUT2D eigenvalue weighted by Gasteiger charge is -2.45. The topological polar surface area (TPSA) is 61.5 Å². The molecule has 21 heavy (non-hydrogen) atoms. The summed E-state index contributed by atoms with van der Waals surface area (Å²) in [5.41, 5.74) is 7.37. The van der Waals surface area contributed by atoms with Gasteiger partial charge in [0.15, 0.2) is 0 Å². The van der Waals surface area contributed by atoms with Gasteiger partial charge in [-0.2, -0.15) is 0 Å². The van der Waals surface area contributed by atoms with Crippen LogP contribution in [-0.4, -0.2) is 42.9 Å². The summed E-state index contributed by atoms with van der Waals surface area (Å²) in [6.45, 7) is 7.12. The van der Waals surface area contributed by atoms with Gasteiger partial charge in [-0.3, -0.25) is 0 Å². The summed E-state index contributed by atoms with van der Waals surface area (Å²) >= 11 is 0. The summed E-state index contributed by atoms with van der Waals surface area (Å²) in [7, 11) is 0. The molecule has 0 radical (unpaired) electrons. The highest BCUT2D eigenvalue weighted by Gasteiger charge is 2.35. The monoisotopic (exact) mass is 291 g/mol. The van der Waals surface area contributed by atoms with Crippen molar-refractivity contribution in [2.75, 3.05) is 31.1 Å². The molecular weight excluding hydrogens is 262 g/mol. The van der Waals surface area contributed by atoms with Gasteiger partial charge in [0.2, 0.25) is 0 Å². The molecule has 2 unspecified atom stereocenters. The van der Waals surface area contributed by atoms with E-state index in [1.807, 2.05) is 0 Å². The maximum absolute atomic E-state index is 9.30. The lowest BCUT2D eigenvalue weighted by atomic mass is 9.85. The van der Waals surface area contributed by atoms with E-state index in [0.717, 1.165) is 25.9 Å². The third-order valence-corrected chi connectivity index (χ3v) is 4.91. The van der Waals surface area contributed by atoms with Crippen LogP contribution in [-0.2, 0) is 0 Å². The molecule has 0 spiro atoms. The zero-order valence-electron chi connectivity index (χ0n) is 13.3. The average molecular weight is 291 g/mol. The van der Waals surface area contributed by atoms with Gasteiger partial charge in [-0.05, 0) is 37.8 Å². The van der Waals surface area contributed by atoms with Gasteiger partial charge in [0.1, 0.15) is 0 Å². The zero-order valence-corrected chi connectivity index (χ0v) is 13.3. The minimum absolute atomic E-state index is 0.00806. The Hall–Kier alpha value is -1.10. The number of nitrogens with two attached hydrogens (primary N) is 1. The Morgan fingerprint density at radius 2 is 1.86 bits per heavy atom. The van der Waals surface area contributed by atoms with Gasteiger partial charge in [-0.1, -0.05) is 25.1 Å². The van der Waals surface area contributed by atoms with Crippen LogP contribution in [0.25, 0.3) is 0 Å². The normalized spacial score (nSPS) is 21.0. The minimum Gasteiger partial charge on any atom is -0.396 e. The standard InChI is InChI=1S/C17H29N3O/c1-14(12-21)15(2)19-17(13-18)8-10-20(11-9-17)16-6-4-3-5-7-16/h3-7,14-15,19,21H,8-13,18H2,1-2H3. The Kier molecular flexibility index (Phi) is 5.62. The number of rotatable bonds is 6. The highest BCUT2D eigenvalue weighted by Crippen LogP contribution is 2.26. The van der Waals surface area contributed by atoms with Crippen molar-refractivity contribution in [1.29, 1.82) is 0 Å². The molecule has 2 atom stereocenters. The molecule has 1 fully saturated rings. The highest BCUT2D eigenvalue weighted by molar-refractivity contribution is 5.46. The van der Waals surface area contributed by atoms with Crippen LogP contribution >= 0.6 is 0 Å².